The Labute approximate surface area is 135 Å². The summed E-state index contributed by atoms with van der Waals surface area (Å²) in [6.45, 7) is 1.88. The molecule has 1 amide bonds. The van der Waals surface area contributed by atoms with E-state index in [-0.39, 0.29) is 5.91 Å². The monoisotopic (exact) mass is 354 g/mol. The Kier molecular flexibility index (Phi) is 3.65. The lowest BCUT2D eigenvalue weighted by molar-refractivity contribution is 0.102. The van der Waals surface area contributed by atoms with Gasteiger partial charge < -0.3 is 5.32 Å². The van der Waals surface area contributed by atoms with E-state index in [9.17, 15) is 4.79 Å². The van der Waals surface area contributed by atoms with Gasteiger partial charge in [0, 0.05) is 16.4 Å². The highest BCUT2D eigenvalue weighted by molar-refractivity contribution is 9.10. The topological polar surface area (TPSA) is 70.2 Å². The first-order valence-corrected chi connectivity index (χ1v) is 7.33. The van der Waals surface area contributed by atoms with Crippen LogP contribution in [0.3, 0.4) is 0 Å². The van der Waals surface area contributed by atoms with Gasteiger partial charge in [0.15, 0.2) is 0 Å². The van der Waals surface area contributed by atoms with E-state index in [0.29, 0.717) is 22.3 Å². The second kappa shape index (κ2) is 5.62. The zero-order valence-electron chi connectivity index (χ0n) is 11.7. The molecule has 6 heteroatoms. The number of anilines is 1. The van der Waals surface area contributed by atoms with E-state index in [1.807, 2.05) is 19.1 Å². The number of nitriles is 1. The van der Waals surface area contributed by atoms with E-state index >= 15 is 0 Å². The van der Waals surface area contributed by atoms with Crippen LogP contribution in [-0.4, -0.2) is 15.5 Å². The van der Waals surface area contributed by atoms with Crippen LogP contribution in [0.25, 0.3) is 5.52 Å². The molecule has 0 spiro atoms. The number of amides is 1. The molecule has 0 saturated carbocycles. The molecule has 0 saturated heterocycles. The molecule has 108 valence electrons. The Morgan fingerprint density at radius 1 is 1.36 bits per heavy atom. The van der Waals surface area contributed by atoms with Crippen LogP contribution in [0.2, 0.25) is 0 Å². The number of carbonyl (C=O) groups excluding carboxylic acids is 1. The fourth-order valence-corrected chi connectivity index (χ4v) is 2.48. The number of nitrogens with one attached hydrogen (secondary N) is 1. The van der Waals surface area contributed by atoms with Gasteiger partial charge in [-0.2, -0.15) is 10.4 Å². The van der Waals surface area contributed by atoms with Crippen LogP contribution in [0.4, 0.5) is 5.69 Å². The minimum absolute atomic E-state index is 0.258. The van der Waals surface area contributed by atoms with Crippen molar-refractivity contribution in [1.82, 2.24) is 9.61 Å². The van der Waals surface area contributed by atoms with Crippen LogP contribution >= 0.6 is 15.9 Å². The van der Waals surface area contributed by atoms with Crippen LogP contribution in [0.5, 0.6) is 0 Å². The highest BCUT2D eigenvalue weighted by atomic mass is 79.9. The number of nitrogens with zero attached hydrogens (tertiary/aromatic N) is 3. The smallest absolute Gasteiger partial charge is 0.259 e. The lowest BCUT2D eigenvalue weighted by Crippen LogP contribution is -2.12. The summed E-state index contributed by atoms with van der Waals surface area (Å²) in [7, 11) is 0. The van der Waals surface area contributed by atoms with Crippen molar-refractivity contribution in [2.75, 3.05) is 5.32 Å². The van der Waals surface area contributed by atoms with E-state index in [0.717, 1.165) is 10.0 Å². The third-order valence-electron chi connectivity index (χ3n) is 3.34. The van der Waals surface area contributed by atoms with Crippen LogP contribution in [-0.2, 0) is 0 Å². The largest absolute Gasteiger partial charge is 0.322 e. The Bertz CT molecular complexity index is 924. The van der Waals surface area contributed by atoms with E-state index in [2.05, 4.69) is 32.4 Å². The molecular weight excluding hydrogens is 344 g/mol. The maximum Gasteiger partial charge on any atom is 0.259 e. The van der Waals surface area contributed by atoms with Crippen LogP contribution in [0.15, 0.2) is 47.2 Å². The van der Waals surface area contributed by atoms with E-state index < -0.39 is 0 Å². The van der Waals surface area contributed by atoms with Gasteiger partial charge in [-0.3, -0.25) is 4.79 Å². The summed E-state index contributed by atoms with van der Waals surface area (Å²) in [4.78, 5) is 12.5. The van der Waals surface area contributed by atoms with Gasteiger partial charge in [-0.25, -0.2) is 4.52 Å². The average Bonchev–Trinajstić information content (AvgIpc) is 2.92. The Hall–Kier alpha value is -2.65. The third-order valence-corrected chi connectivity index (χ3v) is 3.84. The molecule has 3 rings (SSSR count). The molecule has 2 heterocycles. The van der Waals surface area contributed by atoms with Gasteiger partial charge in [-0.1, -0.05) is 22.0 Å². The number of rotatable bonds is 2. The van der Waals surface area contributed by atoms with E-state index in [4.69, 9.17) is 5.26 Å². The first-order chi connectivity index (χ1) is 10.6. The number of hydrogen-bond donors (Lipinski definition) is 1. The Balaban J connectivity index is 1.97. The molecule has 3 aromatic rings. The molecule has 0 fully saturated rings. The highest BCUT2D eigenvalue weighted by Gasteiger charge is 2.14. The quantitative estimate of drug-likeness (QED) is 0.765. The number of hydrogen-bond acceptors (Lipinski definition) is 3. The molecule has 0 bridgehead atoms. The van der Waals surface area contributed by atoms with Crippen molar-refractivity contribution in [2.45, 2.75) is 6.92 Å². The SMILES string of the molecule is Cc1ccc(C#N)cc1NC(=O)c1cnn2ccc(Br)cc12. The van der Waals surface area contributed by atoms with Gasteiger partial charge in [0.05, 0.1) is 28.9 Å². The molecule has 1 N–H and O–H groups in total. The molecule has 0 unspecified atom stereocenters. The molecule has 5 nitrogen and oxygen atoms in total. The first-order valence-electron chi connectivity index (χ1n) is 6.53. The summed E-state index contributed by atoms with van der Waals surface area (Å²) in [5, 5.41) is 16.0. The van der Waals surface area contributed by atoms with Gasteiger partial charge in [-0.15, -0.1) is 0 Å². The fourth-order valence-electron chi connectivity index (χ4n) is 2.15. The van der Waals surface area contributed by atoms with Crippen molar-refractivity contribution >= 4 is 33.0 Å². The van der Waals surface area contributed by atoms with Crippen molar-refractivity contribution in [1.29, 1.82) is 5.26 Å². The van der Waals surface area contributed by atoms with Crippen molar-refractivity contribution in [3.8, 4) is 6.07 Å². The molecule has 1 aromatic carbocycles. The van der Waals surface area contributed by atoms with Gasteiger partial charge in [0.1, 0.15) is 0 Å². The lowest BCUT2D eigenvalue weighted by atomic mass is 10.1. The molecule has 2 aromatic heterocycles. The zero-order chi connectivity index (χ0) is 15.7. The molecule has 0 radical (unpaired) electrons. The predicted octanol–water partition coefficient (Wildman–Crippen LogP) is 3.53. The molecule has 0 atom stereocenters. The molecular formula is C16H11BrN4O. The second-order valence-corrected chi connectivity index (χ2v) is 5.74. The van der Waals surface area contributed by atoms with E-state index in [1.54, 1.807) is 28.9 Å². The molecule has 0 aliphatic rings. The number of pyridine rings is 1. The minimum atomic E-state index is -0.258. The fraction of sp³-hybridized carbons (Fsp3) is 0.0625. The second-order valence-electron chi connectivity index (χ2n) is 4.83. The highest BCUT2D eigenvalue weighted by Crippen LogP contribution is 2.20. The Morgan fingerprint density at radius 3 is 2.95 bits per heavy atom. The van der Waals surface area contributed by atoms with Crippen molar-refractivity contribution in [2.24, 2.45) is 0 Å². The van der Waals surface area contributed by atoms with Crippen molar-refractivity contribution in [3.63, 3.8) is 0 Å². The molecule has 0 aliphatic carbocycles. The predicted molar refractivity (Wildman–Crippen MR) is 86.7 cm³/mol. The van der Waals surface area contributed by atoms with Crippen LogP contribution in [0.1, 0.15) is 21.5 Å². The summed E-state index contributed by atoms with van der Waals surface area (Å²) in [5.74, 6) is -0.258. The number of fused-ring (bicyclic) bond motifs is 1. The number of carbonyl (C=O) groups is 1. The Morgan fingerprint density at radius 2 is 2.18 bits per heavy atom. The maximum absolute atomic E-state index is 12.5. The summed E-state index contributed by atoms with van der Waals surface area (Å²) in [5.41, 5.74) is 3.20. The molecule has 22 heavy (non-hydrogen) atoms. The number of halogens is 1. The van der Waals surface area contributed by atoms with Gasteiger partial charge in [0.2, 0.25) is 0 Å². The minimum Gasteiger partial charge on any atom is -0.322 e. The van der Waals surface area contributed by atoms with Crippen molar-refractivity contribution < 1.29 is 4.79 Å². The number of benzene rings is 1. The van der Waals surface area contributed by atoms with Crippen LogP contribution in [0, 0.1) is 18.3 Å². The third kappa shape index (κ3) is 2.59. The van der Waals surface area contributed by atoms with Gasteiger partial charge in [-0.05, 0) is 36.8 Å². The zero-order valence-corrected chi connectivity index (χ0v) is 13.3. The summed E-state index contributed by atoms with van der Waals surface area (Å²) in [6.07, 6.45) is 3.30. The van der Waals surface area contributed by atoms with Gasteiger partial charge in [0.25, 0.3) is 5.91 Å². The maximum atomic E-state index is 12.5. The number of aryl methyl sites for hydroxylation is 1. The number of aromatic nitrogens is 2. The lowest BCUT2D eigenvalue weighted by Gasteiger charge is -2.08. The van der Waals surface area contributed by atoms with E-state index in [1.165, 1.54) is 6.20 Å². The normalized spacial score (nSPS) is 10.4. The van der Waals surface area contributed by atoms with Crippen molar-refractivity contribution in [3.05, 3.63) is 63.9 Å². The standard InChI is InChI=1S/C16H11BrN4O/c1-10-2-3-11(8-18)6-14(10)20-16(22)13-9-19-21-5-4-12(17)7-15(13)21/h2-7,9H,1H3,(H,20,22). The summed E-state index contributed by atoms with van der Waals surface area (Å²) in [6, 6.07) is 10.9. The summed E-state index contributed by atoms with van der Waals surface area (Å²) >= 11 is 3.39. The van der Waals surface area contributed by atoms with Gasteiger partial charge >= 0.3 is 0 Å². The van der Waals surface area contributed by atoms with Crippen LogP contribution < -0.4 is 5.32 Å². The average molecular weight is 355 g/mol. The summed E-state index contributed by atoms with van der Waals surface area (Å²) < 4.78 is 2.51. The molecule has 0 aliphatic heterocycles. The first kappa shape index (κ1) is 14.3.